The molecule has 2 aromatic rings. The van der Waals surface area contributed by atoms with Crippen molar-refractivity contribution in [1.29, 1.82) is 0 Å². The van der Waals surface area contributed by atoms with Gasteiger partial charge in [-0.05, 0) is 23.8 Å². The lowest BCUT2D eigenvalue weighted by Gasteiger charge is -2.14. The molecule has 1 aliphatic heterocycles. The van der Waals surface area contributed by atoms with Crippen molar-refractivity contribution in [3.05, 3.63) is 58.6 Å². The number of thioether (sulfide) groups is 1. The topological polar surface area (TPSA) is 21.3 Å². The van der Waals surface area contributed by atoms with E-state index < -0.39 is 0 Å². The normalized spacial score (nSPS) is 16.8. The van der Waals surface area contributed by atoms with Crippen LogP contribution in [0.25, 0.3) is 0 Å². The fourth-order valence-corrected chi connectivity index (χ4v) is 4.16. The number of fused-ring (bicyclic) bond motifs is 1. The number of benzene rings is 2. The zero-order valence-electron chi connectivity index (χ0n) is 11.9. The molecule has 0 saturated carbocycles. The van der Waals surface area contributed by atoms with Gasteiger partial charge in [-0.1, -0.05) is 35.9 Å². The Balaban J connectivity index is 1.63. The maximum absolute atomic E-state index is 6.26. The van der Waals surface area contributed by atoms with Crippen LogP contribution in [0.1, 0.15) is 17.0 Å². The molecule has 1 aliphatic rings. The van der Waals surface area contributed by atoms with Crippen LogP contribution in [0.2, 0.25) is 5.02 Å². The highest BCUT2D eigenvalue weighted by Crippen LogP contribution is 2.38. The minimum absolute atomic E-state index is 0.569. The van der Waals surface area contributed by atoms with Gasteiger partial charge in [0.05, 0.1) is 7.11 Å². The van der Waals surface area contributed by atoms with Gasteiger partial charge in [0.2, 0.25) is 0 Å². The molecule has 0 saturated heterocycles. The predicted molar refractivity (Wildman–Crippen MR) is 89.6 cm³/mol. The van der Waals surface area contributed by atoms with E-state index in [1.165, 1.54) is 10.5 Å². The lowest BCUT2D eigenvalue weighted by atomic mass is 10.0. The Labute approximate surface area is 134 Å². The first-order chi connectivity index (χ1) is 10.3. The molecule has 2 nitrogen and oxygen atoms in total. The quantitative estimate of drug-likeness (QED) is 0.886. The Kier molecular flexibility index (Phi) is 4.73. The van der Waals surface area contributed by atoms with Crippen LogP contribution in [0.3, 0.4) is 0 Å². The van der Waals surface area contributed by atoms with E-state index in [1.54, 1.807) is 7.11 Å². The number of halogens is 1. The highest BCUT2D eigenvalue weighted by atomic mass is 35.5. The summed E-state index contributed by atoms with van der Waals surface area (Å²) in [4.78, 5) is 1.42. The molecule has 0 bridgehead atoms. The summed E-state index contributed by atoms with van der Waals surface area (Å²) >= 11 is 8.20. The molecule has 1 heterocycles. The number of hydrogen-bond donors (Lipinski definition) is 1. The van der Waals surface area contributed by atoms with E-state index in [1.807, 2.05) is 30.0 Å². The van der Waals surface area contributed by atoms with Crippen LogP contribution >= 0.6 is 23.4 Å². The van der Waals surface area contributed by atoms with Crippen molar-refractivity contribution in [1.82, 2.24) is 5.32 Å². The van der Waals surface area contributed by atoms with Gasteiger partial charge in [-0.25, -0.2) is 0 Å². The molecule has 0 spiro atoms. The summed E-state index contributed by atoms with van der Waals surface area (Å²) in [7, 11) is 1.68. The van der Waals surface area contributed by atoms with Crippen molar-refractivity contribution >= 4 is 23.4 Å². The third-order valence-corrected chi connectivity index (χ3v) is 5.39. The van der Waals surface area contributed by atoms with E-state index in [0.29, 0.717) is 5.92 Å². The summed E-state index contributed by atoms with van der Waals surface area (Å²) < 4.78 is 5.38. The summed E-state index contributed by atoms with van der Waals surface area (Å²) in [5.74, 6) is 2.56. The van der Waals surface area contributed by atoms with E-state index in [4.69, 9.17) is 16.3 Å². The number of nitrogens with one attached hydrogen (secondary N) is 1. The number of methoxy groups -OCH3 is 1. The summed E-state index contributed by atoms with van der Waals surface area (Å²) in [6, 6.07) is 14.4. The molecule has 0 fully saturated rings. The van der Waals surface area contributed by atoms with Gasteiger partial charge >= 0.3 is 0 Å². The smallest absolute Gasteiger partial charge is 0.124 e. The first-order valence-corrected chi connectivity index (χ1v) is 8.39. The van der Waals surface area contributed by atoms with Crippen molar-refractivity contribution in [2.45, 2.75) is 17.4 Å². The highest BCUT2D eigenvalue weighted by molar-refractivity contribution is 7.99. The standard InChI is InChI=1S/C17H18ClNOS/c1-20-16-7-4-6-15(18)14(16)10-19-9-12-11-21-17-8-3-2-5-13(12)17/h2-8,12,19H,9-11H2,1H3. The zero-order valence-corrected chi connectivity index (χ0v) is 13.5. The van der Waals surface area contributed by atoms with Gasteiger partial charge in [-0.15, -0.1) is 11.8 Å². The molecular formula is C17H18ClNOS. The SMILES string of the molecule is COc1cccc(Cl)c1CNCC1CSc2ccccc21. The van der Waals surface area contributed by atoms with E-state index in [9.17, 15) is 0 Å². The van der Waals surface area contributed by atoms with Gasteiger partial charge in [0.25, 0.3) is 0 Å². The molecule has 2 aromatic carbocycles. The molecule has 0 amide bonds. The molecule has 110 valence electrons. The van der Waals surface area contributed by atoms with Crippen LogP contribution in [-0.2, 0) is 6.54 Å². The van der Waals surface area contributed by atoms with Crippen LogP contribution in [0, 0.1) is 0 Å². The maximum Gasteiger partial charge on any atom is 0.124 e. The second-order valence-corrected chi connectivity index (χ2v) is 6.57. The molecule has 3 rings (SSSR count). The minimum atomic E-state index is 0.569. The summed E-state index contributed by atoms with van der Waals surface area (Å²) in [6.07, 6.45) is 0. The summed E-state index contributed by atoms with van der Waals surface area (Å²) in [6.45, 7) is 1.69. The van der Waals surface area contributed by atoms with Crippen molar-refractivity contribution in [2.24, 2.45) is 0 Å². The van der Waals surface area contributed by atoms with Gasteiger partial charge < -0.3 is 10.1 Å². The fraction of sp³-hybridized carbons (Fsp3) is 0.294. The van der Waals surface area contributed by atoms with Crippen molar-refractivity contribution in [3.63, 3.8) is 0 Å². The first kappa shape index (κ1) is 14.8. The Bertz CT molecular complexity index is 632. The second kappa shape index (κ2) is 6.73. The van der Waals surface area contributed by atoms with Gasteiger partial charge in [0, 0.05) is 40.2 Å². The predicted octanol–water partition coefficient (Wildman–Crippen LogP) is 4.33. The monoisotopic (exact) mass is 319 g/mol. The Morgan fingerprint density at radius 2 is 2.10 bits per heavy atom. The molecule has 4 heteroatoms. The molecule has 1 unspecified atom stereocenters. The fourth-order valence-electron chi connectivity index (χ4n) is 2.67. The average molecular weight is 320 g/mol. The van der Waals surface area contributed by atoms with E-state index in [0.717, 1.165) is 35.2 Å². The maximum atomic E-state index is 6.26. The van der Waals surface area contributed by atoms with Gasteiger partial charge in [-0.2, -0.15) is 0 Å². The third-order valence-electron chi connectivity index (χ3n) is 3.79. The molecule has 0 aliphatic carbocycles. The summed E-state index contributed by atoms with van der Waals surface area (Å²) in [5, 5.41) is 4.28. The largest absolute Gasteiger partial charge is 0.496 e. The van der Waals surface area contributed by atoms with Crippen molar-refractivity contribution in [2.75, 3.05) is 19.4 Å². The van der Waals surface area contributed by atoms with E-state index in [2.05, 4.69) is 29.6 Å². The Morgan fingerprint density at radius 1 is 1.24 bits per heavy atom. The number of rotatable bonds is 5. The van der Waals surface area contributed by atoms with Crippen molar-refractivity contribution < 1.29 is 4.74 Å². The van der Waals surface area contributed by atoms with Crippen LogP contribution in [-0.4, -0.2) is 19.4 Å². The average Bonchev–Trinajstić information content (AvgIpc) is 2.92. The lowest BCUT2D eigenvalue weighted by molar-refractivity contribution is 0.407. The lowest BCUT2D eigenvalue weighted by Crippen LogP contribution is -2.21. The van der Waals surface area contributed by atoms with E-state index >= 15 is 0 Å². The Hall–Kier alpha value is -1.16. The van der Waals surface area contributed by atoms with Gasteiger partial charge in [0.15, 0.2) is 0 Å². The molecule has 1 atom stereocenters. The van der Waals surface area contributed by atoms with Crippen LogP contribution in [0.5, 0.6) is 5.75 Å². The molecule has 1 N–H and O–H groups in total. The molecule has 21 heavy (non-hydrogen) atoms. The van der Waals surface area contributed by atoms with Gasteiger partial charge in [-0.3, -0.25) is 0 Å². The Morgan fingerprint density at radius 3 is 2.95 bits per heavy atom. The molecule has 0 aromatic heterocycles. The van der Waals surface area contributed by atoms with Crippen LogP contribution < -0.4 is 10.1 Å². The highest BCUT2D eigenvalue weighted by Gasteiger charge is 2.22. The van der Waals surface area contributed by atoms with Crippen LogP contribution in [0.4, 0.5) is 0 Å². The molecular weight excluding hydrogens is 302 g/mol. The van der Waals surface area contributed by atoms with Gasteiger partial charge in [0.1, 0.15) is 5.75 Å². The summed E-state index contributed by atoms with van der Waals surface area (Å²) in [5.41, 5.74) is 2.49. The first-order valence-electron chi connectivity index (χ1n) is 7.03. The van der Waals surface area contributed by atoms with Crippen molar-refractivity contribution in [3.8, 4) is 5.75 Å². The zero-order chi connectivity index (χ0) is 14.7. The second-order valence-electron chi connectivity index (χ2n) is 5.10. The third kappa shape index (κ3) is 3.20. The number of ether oxygens (including phenoxy) is 1. The van der Waals surface area contributed by atoms with Crippen LogP contribution in [0.15, 0.2) is 47.4 Å². The number of hydrogen-bond acceptors (Lipinski definition) is 3. The minimum Gasteiger partial charge on any atom is -0.496 e. The van der Waals surface area contributed by atoms with E-state index in [-0.39, 0.29) is 0 Å². The molecule has 0 radical (unpaired) electrons.